The lowest BCUT2D eigenvalue weighted by molar-refractivity contribution is 0.0687. The van der Waals surface area contributed by atoms with Gasteiger partial charge in [0.25, 0.3) is 5.91 Å². The molecule has 1 aromatic rings. The van der Waals surface area contributed by atoms with Gasteiger partial charge in [-0.25, -0.2) is 4.98 Å². The summed E-state index contributed by atoms with van der Waals surface area (Å²) in [6.07, 6.45) is 4.66. The molecule has 0 atom stereocenters. The summed E-state index contributed by atoms with van der Waals surface area (Å²) in [5, 5.41) is 0.373. The van der Waals surface area contributed by atoms with Crippen LogP contribution in [0.15, 0.2) is 18.2 Å². The number of hydrogen-bond acceptors (Lipinski definition) is 2. The molecule has 0 aromatic carbocycles. The number of amides is 1. The maximum Gasteiger partial charge on any atom is 0.272 e. The van der Waals surface area contributed by atoms with Crippen LogP contribution in [-0.2, 0) is 0 Å². The van der Waals surface area contributed by atoms with Gasteiger partial charge in [0.2, 0.25) is 0 Å². The minimum Gasteiger partial charge on any atom is -0.335 e. The molecule has 0 N–H and O–H groups in total. The standard InChI is InChI=1S/C13H17ClN2O/c1-2-16(10-6-3-4-7-10)13(17)11-8-5-9-12(14)15-11/h5,8-10H,2-4,6-7H2,1H3. The van der Waals surface area contributed by atoms with E-state index in [4.69, 9.17) is 11.6 Å². The van der Waals surface area contributed by atoms with Gasteiger partial charge in [-0.15, -0.1) is 0 Å². The van der Waals surface area contributed by atoms with E-state index in [2.05, 4.69) is 4.98 Å². The van der Waals surface area contributed by atoms with Crippen molar-refractivity contribution in [1.82, 2.24) is 9.88 Å². The Morgan fingerprint density at radius 1 is 1.47 bits per heavy atom. The van der Waals surface area contributed by atoms with E-state index in [0.29, 0.717) is 16.9 Å². The molecular weight excluding hydrogens is 236 g/mol. The lowest BCUT2D eigenvalue weighted by atomic mass is 10.2. The van der Waals surface area contributed by atoms with E-state index in [9.17, 15) is 4.79 Å². The van der Waals surface area contributed by atoms with Gasteiger partial charge >= 0.3 is 0 Å². The maximum absolute atomic E-state index is 12.3. The Balaban J connectivity index is 2.16. The molecule has 1 amide bonds. The van der Waals surface area contributed by atoms with Crippen molar-refractivity contribution in [2.75, 3.05) is 6.54 Å². The SMILES string of the molecule is CCN(C(=O)c1cccc(Cl)n1)C1CCCC1. The monoisotopic (exact) mass is 252 g/mol. The van der Waals surface area contributed by atoms with Gasteiger partial charge in [-0.2, -0.15) is 0 Å². The molecule has 4 heteroatoms. The average Bonchev–Trinajstić information content (AvgIpc) is 2.83. The quantitative estimate of drug-likeness (QED) is 0.775. The number of aromatic nitrogens is 1. The molecule has 3 nitrogen and oxygen atoms in total. The maximum atomic E-state index is 12.3. The topological polar surface area (TPSA) is 33.2 Å². The summed E-state index contributed by atoms with van der Waals surface area (Å²) >= 11 is 5.81. The highest BCUT2D eigenvalue weighted by molar-refractivity contribution is 6.29. The molecule has 2 rings (SSSR count). The van der Waals surface area contributed by atoms with Crippen LogP contribution >= 0.6 is 11.6 Å². The summed E-state index contributed by atoms with van der Waals surface area (Å²) in [5.74, 6) is 0.00176. The fourth-order valence-electron chi connectivity index (χ4n) is 2.46. The second kappa shape index (κ2) is 5.50. The fourth-order valence-corrected chi connectivity index (χ4v) is 2.62. The Morgan fingerprint density at radius 2 is 2.18 bits per heavy atom. The average molecular weight is 253 g/mol. The lowest BCUT2D eigenvalue weighted by Gasteiger charge is -2.27. The molecule has 1 heterocycles. The van der Waals surface area contributed by atoms with Gasteiger partial charge in [0, 0.05) is 12.6 Å². The molecule has 0 spiro atoms. The van der Waals surface area contributed by atoms with Gasteiger partial charge < -0.3 is 4.90 Å². The van der Waals surface area contributed by atoms with Crippen LogP contribution < -0.4 is 0 Å². The Hall–Kier alpha value is -1.09. The van der Waals surface area contributed by atoms with Gasteiger partial charge in [-0.3, -0.25) is 4.79 Å². The van der Waals surface area contributed by atoms with E-state index < -0.39 is 0 Å². The van der Waals surface area contributed by atoms with E-state index in [1.165, 1.54) is 12.8 Å². The number of rotatable bonds is 3. The van der Waals surface area contributed by atoms with Crippen molar-refractivity contribution in [3.05, 3.63) is 29.0 Å². The Labute approximate surface area is 107 Å². The van der Waals surface area contributed by atoms with Crippen LogP contribution in [0.4, 0.5) is 0 Å². The van der Waals surface area contributed by atoms with E-state index in [1.54, 1.807) is 18.2 Å². The van der Waals surface area contributed by atoms with Crippen molar-refractivity contribution in [2.45, 2.75) is 38.6 Å². The van der Waals surface area contributed by atoms with E-state index in [0.717, 1.165) is 19.4 Å². The van der Waals surface area contributed by atoms with E-state index >= 15 is 0 Å². The molecule has 92 valence electrons. The summed E-state index contributed by atoms with van der Waals surface area (Å²) in [6.45, 7) is 2.75. The van der Waals surface area contributed by atoms with Crippen molar-refractivity contribution < 1.29 is 4.79 Å². The molecule has 1 aliphatic carbocycles. The van der Waals surface area contributed by atoms with Crippen LogP contribution in [0.25, 0.3) is 0 Å². The molecule has 1 fully saturated rings. The Morgan fingerprint density at radius 3 is 2.76 bits per heavy atom. The van der Waals surface area contributed by atoms with Crippen LogP contribution in [0.3, 0.4) is 0 Å². The van der Waals surface area contributed by atoms with Crippen molar-refractivity contribution >= 4 is 17.5 Å². The molecule has 0 radical (unpaired) electrons. The molecule has 0 aliphatic heterocycles. The number of pyridine rings is 1. The predicted molar refractivity (Wildman–Crippen MR) is 68.2 cm³/mol. The third-order valence-corrected chi connectivity index (χ3v) is 3.51. The summed E-state index contributed by atoms with van der Waals surface area (Å²) < 4.78 is 0. The van der Waals surface area contributed by atoms with Crippen molar-refractivity contribution in [3.8, 4) is 0 Å². The molecule has 0 unspecified atom stereocenters. The van der Waals surface area contributed by atoms with Crippen LogP contribution in [0.5, 0.6) is 0 Å². The molecule has 1 aliphatic rings. The van der Waals surface area contributed by atoms with Gasteiger partial charge in [0.05, 0.1) is 0 Å². The zero-order valence-electron chi connectivity index (χ0n) is 10.0. The number of nitrogens with zero attached hydrogens (tertiary/aromatic N) is 2. The van der Waals surface area contributed by atoms with Gasteiger partial charge in [-0.1, -0.05) is 30.5 Å². The smallest absolute Gasteiger partial charge is 0.272 e. The highest BCUT2D eigenvalue weighted by Gasteiger charge is 2.26. The number of carbonyl (C=O) groups is 1. The summed E-state index contributed by atoms with van der Waals surface area (Å²) in [5.41, 5.74) is 0.450. The molecule has 1 aromatic heterocycles. The van der Waals surface area contributed by atoms with E-state index in [-0.39, 0.29) is 5.91 Å². The Kier molecular flexibility index (Phi) is 4.00. The summed E-state index contributed by atoms with van der Waals surface area (Å²) in [6, 6.07) is 5.56. The first-order valence-corrected chi connectivity index (χ1v) is 6.53. The van der Waals surface area contributed by atoms with E-state index in [1.807, 2.05) is 11.8 Å². The van der Waals surface area contributed by atoms with Crippen molar-refractivity contribution in [1.29, 1.82) is 0 Å². The van der Waals surface area contributed by atoms with Crippen LogP contribution in [-0.4, -0.2) is 28.4 Å². The zero-order valence-corrected chi connectivity index (χ0v) is 10.8. The normalized spacial score (nSPS) is 16.1. The highest BCUT2D eigenvalue weighted by atomic mass is 35.5. The Bertz CT molecular complexity index is 402. The van der Waals surface area contributed by atoms with Gasteiger partial charge in [-0.05, 0) is 31.9 Å². The molecular formula is C13H17ClN2O. The third-order valence-electron chi connectivity index (χ3n) is 3.30. The minimum atomic E-state index is 0.00176. The molecule has 17 heavy (non-hydrogen) atoms. The first kappa shape index (κ1) is 12.4. The van der Waals surface area contributed by atoms with Crippen LogP contribution in [0, 0.1) is 0 Å². The largest absolute Gasteiger partial charge is 0.335 e. The third kappa shape index (κ3) is 2.78. The molecule has 0 saturated heterocycles. The van der Waals surface area contributed by atoms with Gasteiger partial charge in [0.15, 0.2) is 0 Å². The number of carbonyl (C=O) groups excluding carboxylic acids is 1. The minimum absolute atomic E-state index is 0.00176. The fraction of sp³-hybridized carbons (Fsp3) is 0.538. The molecule has 1 saturated carbocycles. The summed E-state index contributed by atoms with van der Waals surface area (Å²) in [4.78, 5) is 18.3. The van der Waals surface area contributed by atoms with Crippen LogP contribution in [0.2, 0.25) is 5.15 Å². The lowest BCUT2D eigenvalue weighted by Crippen LogP contribution is -2.39. The second-order valence-electron chi connectivity index (χ2n) is 4.37. The van der Waals surface area contributed by atoms with Crippen molar-refractivity contribution in [3.63, 3.8) is 0 Å². The molecule has 0 bridgehead atoms. The second-order valence-corrected chi connectivity index (χ2v) is 4.76. The first-order valence-electron chi connectivity index (χ1n) is 6.16. The van der Waals surface area contributed by atoms with Crippen molar-refractivity contribution in [2.24, 2.45) is 0 Å². The predicted octanol–water partition coefficient (Wildman–Crippen LogP) is 3.14. The number of hydrogen-bond donors (Lipinski definition) is 0. The summed E-state index contributed by atoms with van der Waals surface area (Å²) in [7, 11) is 0. The van der Waals surface area contributed by atoms with Crippen LogP contribution in [0.1, 0.15) is 43.1 Å². The zero-order chi connectivity index (χ0) is 12.3. The first-order chi connectivity index (χ1) is 8.22. The number of halogens is 1. The highest BCUT2D eigenvalue weighted by Crippen LogP contribution is 2.24. The van der Waals surface area contributed by atoms with Gasteiger partial charge in [0.1, 0.15) is 10.8 Å².